The minimum Gasteiger partial charge on any atom is -0.453 e. The number of rotatable bonds is 9. The molecule has 3 aromatic rings. The molecule has 0 aliphatic rings. The van der Waals surface area contributed by atoms with Crippen molar-refractivity contribution in [3.05, 3.63) is 86.6 Å². The molecule has 0 bridgehead atoms. The number of amides is 2. The third-order valence-corrected chi connectivity index (χ3v) is 5.69. The highest BCUT2D eigenvalue weighted by molar-refractivity contribution is 6.32. The molecule has 0 saturated heterocycles. The first kappa shape index (κ1) is 27.9. The summed E-state index contributed by atoms with van der Waals surface area (Å²) in [6, 6.07) is 13.5. The smallest absolute Gasteiger partial charge is 0.251 e. The summed E-state index contributed by atoms with van der Waals surface area (Å²) in [4.78, 5) is 24.9. The van der Waals surface area contributed by atoms with Gasteiger partial charge in [0.05, 0.1) is 35.8 Å². The van der Waals surface area contributed by atoms with E-state index in [-0.39, 0.29) is 45.6 Å². The number of carbonyl (C=O) groups excluding carboxylic acids is 2. The number of aliphatic hydroxyl groups is 2. The number of benzene rings is 3. The lowest BCUT2D eigenvalue weighted by Crippen LogP contribution is -2.33. The lowest BCUT2D eigenvalue weighted by molar-refractivity contribution is -0.115. The zero-order valence-electron chi connectivity index (χ0n) is 19.5. The minimum absolute atomic E-state index is 0.0236. The van der Waals surface area contributed by atoms with Crippen molar-refractivity contribution in [2.24, 2.45) is 0 Å². The minimum atomic E-state index is -1.07. The largest absolute Gasteiger partial charge is 0.453 e. The Kier molecular flexibility index (Phi) is 9.44. The Labute approximate surface area is 222 Å². The molecule has 0 fully saturated rings. The lowest BCUT2D eigenvalue weighted by Gasteiger charge is -2.14. The summed E-state index contributed by atoms with van der Waals surface area (Å²) in [6.45, 7) is 1.10. The van der Waals surface area contributed by atoms with E-state index in [0.29, 0.717) is 16.8 Å². The summed E-state index contributed by atoms with van der Waals surface area (Å²) in [6.07, 6.45) is -1.40. The second-order valence-electron chi connectivity index (χ2n) is 8.04. The summed E-state index contributed by atoms with van der Waals surface area (Å²) in [7, 11) is 0. The Balaban J connectivity index is 1.72. The number of hydrogen-bond acceptors (Lipinski definition) is 6. The molecule has 2 amide bonds. The van der Waals surface area contributed by atoms with E-state index in [1.54, 1.807) is 13.0 Å². The normalized spacial score (nSPS) is 11.4. The molecule has 0 aliphatic heterocycles. The van der Waals surface area contributed by atoms with E-state index in [1.807, 2.05) is 6.07 Å². The van der Waals surface area contributed by atoms with Gasteiger partial charge in [-0.15, -0.1) is 0 Å². The predicted molar refractivity (Wildman–Crippen MR) is 137 cm³/mol. The van der Waals surface area contributed by atoms with Crippen LogP contribution in [0.25, 0.3) is 0 Å². The number of ether oxygens (including phenoxy) is 1. The van der Waals surface area contributed by atoms with E-state index < -0.39 is 30.3 Å². The van der Waals surface area contributed by atoms with Gasteiger partial charge in [-0.05, 0) is 55.0 Å². The maximum Gasteiger partial charge on any atom is 0.251 e. The third kappa shape index (κ3) is 7.41. The molecule has 0 aromatic heterocycles. The standard InChI is InChI=1S/C26H22Cl2FN3O5/c1-14-6-17(26(36)31-12-19(34)13-33)3-5-22(14)32-23(35)9-16-2-4-21(28)25(24(16)29)37-20-8-15(11-30)7-18(27)10-20/h2-8,10,19,33-34H,9,12-13H2,1H3,(H,31,36)(H,32,35). The van der Waals surface area contributed by atoms with Crippen LogP contribution in [0.15, 0.2) is 48.5 Å². The van der Waals surface area contributed by atoms with Gasteiger partial charge in [0.2, 0.25) is 5.91 Å². The topological polar surface area (TPSA) is 132 Å². The number of nitriles is 1. The van der Waals surface area contributed by atoms with Gasteiger partial charge in [-0.1, -0.05) is 29.3 Å². The molecule has 192 valence electrons. The Hall–Kier alpha value is -3.68. The molecule has 0 saturated carbocycles. The summed E-state index contributed by atoms with van der Waals surface area (Å²) < 4.78 is 20.8. The predicted octanol–water partition coefficient (Wildman–Crippen LogP) is 4.37. The van der Waals surface area contributed by atoms with Crippen LogP contribution in [0.2, 0.25) is 10.0 Å². The van der Waals surface area contributed by atoms with E-state index >= 15 is 4.39 Å². The van der Waals surface area contributed by atoms with Crippen LogP contribution in [0, 0.1) is 24.1 Å². The number of aliphatic hydroxyl groups excluding tert-OH is 2. The summed E-state index contributed by atoms with van der Waals surface area (Å²) in [5.74, 6) is -2.01. The second kappa shape index (κ2) is 12.5. The number of hydrogen-bond donors (Lipinski definition) is 4. The van der Waals surface area contributed by atoms with Crippen LogP contribution in [0.4, 0.5) is 10.1 Å². The zero-order chi connectivity index (χ0) is 27.1. The molecule has 0 spiro atoms. The van der Waals surface area contributed by atoms with Crippen LogP contribution >= 0.6 is 23.2 Å². The zero-order valence-corrected chi connectivity index (χ0v) is 21.0. The fourth-order valence-corrected chi connectivity index (χ4v) is 3.71. The molecule has 1 atom stereocenters. The number of nitrogens with one attached hydrogen (secondary N) is 2. The first-order chi connectivity index (χ1) is 17.6. The number of aryl methyl sites for hydroxylation is 1. The van der Waals surface area contributed by atoms with Gasteiger partial charge >= 0.3 is 0 Å². The van der Waals surface area contributed by atoms with Gasteiger partial charge in [-0.3, -0.25) is 9.59 Å². The van der Waals surface area contributed by atoms with Crippen LogP contribution in [0.3, 0.4) is 0 Å². The Morgan fingerprint density at radius 1 is 1.16 bits per heavy atom. The Morgan fingerprint density at radius 3 is 2.59 bits per heavy atom. The molecule has 1 unspecified atom stereocenters. The number of carbonyl (C=O) groups is 2. The average Bonchev–Trinajstić information content (AvgIpc) is 2.87. The van der Waals surface area contributed by atoms with Crippen molar-refractivity contribution in [2.75, 3.05) is 18.5 Å². The molecule has 3 aromatic carbocycles. The van der Waals surface area contributed by atoms with Crippen LogP contribution in [-0.4, -0.2) is 41.3 Å². The maximum absolute atomic E-state index is 15.2. The van der Waals surface area contributed by atoms with Gasteiger partial charge in [0, 0.05) is 28.4 Å². The van der Waals surface area contributed by atoms with Crippen LogP contribution in [-0.2, 0) is 11.2 Å². The number of halogens is 3. The van der Waals surface area contributed by atoms with E-state index in [1.165, 1.54) is 42.5 Å². The fourth-order valence-electron chi connectivity index (χ4n) is 3.30. The molecule has 0 aliphatic carbocycles. The maximum atomic E-state index is 15.2. The van der Waals surface area contributed by atoms with Crippen molar-refractivity contribution in [1.29, 1.82) is 5.26 Å². The van der Waals surface area contributed by atoms with E-state index in [2.05, 4.69) is 10.6 Å². The Morgan fingerprint density at radius 2 is 1.92 bits per heavy atom. The second-order valence-corrected chi connectivity index (χ2v) is 8.88. The van der Waals surface area contributed by atoms with Crippen molar-refractivity contribution in [1.82, 2.24) is 5.32 Å². The van der Waals surface area contributed by atoms with Gasteiger partial charge in [0.1, 0.15) is 5.75 Å². The number of nitrogens with zero attached hydrogens (tertiary/aromatic N) is 1. The average molecular weight is 546 g/mol. The number of anilines is 1. The summed E-state index contributed by atoms with van der Waals surface area (Å²) in [5.41, 5.74) is 1.54. The highest BCUT2D eigenvalue weighted by atomic mass is 35.5. The highest BCUT2D eigenvalue weighted by Gasteiger charge is 2.18. The monoisotopic (exact) mass is 545 g/mol. The quantitative estimate of drug-likeness (QED) is 0.315. The summed E-state index contributed by atoms with van der Waals surface area (Å²) in [5, 5.41) is 32.7. The molecule has 8 nitrogen and oxygen atoms in total. The summed E-state index contributed by atoms with van der Waals surface area (Å²) >= 11 is 12.1. The van der Waals surface area contributed by atoms with Crippen molar-refractivity contribution in [3.63, 3.8) is 0 Å². The third-order valence-electron chi connectivity index (χ3n) is 5.17. The molecule has 0 heterocycles. The SMILES string of the molecule is Cc1cc(C(=O)NCC(O)CO)ccc1NC(=O)Cc1ccc(Cl)c(Oc2cc(Cl)cc(C#N)c2)c1F. The lowest BCUT2D eigenvalue weighted by atomic mass is 10.1. The van der Waals surface area contributed by atoms with Gasteiger partial charge in [0.15, 0.2) is 11.6 Å². The molecule has 11 heteroatoms. The highest BCUT2D eigenvalue weighted by Crippen LogP contribution is 2.35. The van der Waals surface area contributed by atoms with Crippen LogP contribution in [0.5, 0.6) is 11.5 Å². The van der Waals surface area contributed by atoms with Gasteiger partial charge in [-0.25, -0.2) is 4.39 Å². The molecule has 4 N–H and O–H groups in total. The van der Waals surface area contributed by atoms with Crippen LogP contribution < -0.4 is 15.4 Å². The van der Waals surface area contributed by atoms with Crippen molar-refractivity contribution >= 4 is 40.7 Å². The van der Waals surface area contributed by atoms with Crippen molar-refractivity contribution in [3.8, 4) is 17.6 Å². The Bertz CT molecular complexity index is 1380. The van der Waals surface area contributed by atoms with E-state index in [9.17, 15) is 14.7 Å². The first-order valence-electron chi connectivity index (χ1n) is 10.9. The van der Waals surface area contributed by atoms with Crippen molar-refractivity contribution in [2.45, 2.75) is 19.4 Å². The fraction of sp³-hybridized carbons (Fsp3) is 0.192. The van der Waals surface area contributed by atoms with Gasteiger partial charge in [0.25, 0.3) is 5.91 Å². The van der Waals surface area contributed by atoms with Crippen molar-refractivity contribution < 1.29 is 28.9 Å². The van der Waals surface area contributed by atoms with E-state index in [4.69, 9.17) is 38.3 Å². The molecular weight excluding hydrogens is 524 g/mol. The molecule has 3 rings (SSSR count). The van der Waals surface area contributed by atoms with Gasteiger partial charge < -0.3 is 25.6 Å². The molecule has 37 heavy (non-hydrogen) atoms. The van der Waals surface area contributed by atoms with E-state index in [0.717, 1.165) is 0 Å². The molecule has 0 radical (unpaired) electrons. The van der Waals surface area contributed by atoms with Crippen LogP contribution in [0.1, 0.15) is 27.0 Å². The first-order valence-corrected chi connectivity index (χ1v) is 11.7. The van der Waals surface area contributed by atoms with Gasteiger partial charge in [-0.2, -0.15) is 5.26 Å². The molecular formula is C26H22Cl2FN3O5.